The van der Waals surface area contributed by atoms with Crippen LogP contribution in [0.5, 0.6) is 0 Å². The summed E-state index contributed by atoms with van der Waals surface area (Å²) in [4.78, 5) is 15.0. The molecule has 0 saturated heterocycles. The topological polar surface area (TPSA) is 75.9 Å². The molecular formula is C42H26N4O2. The first kappa shape index (κ1) is 26.7. The Hall–Kier alpha value is -6.53. The molecule has 0 aliphatic carbocycles. The van der Waals surface area contributed by atoms with Gasteiger partial charge in [0.1, 0.15) is 28.4 Å². The Morgan fingerprint density at radius 2 is 1.21 bits per heavy atom. The number of nitrogens with zero attached hydrogens (tertiary/aromatic N) is 3. The van der Waals surface area contributed by atoms with Crippen LogP contribution in [-0.4, -0.2) is 16.7 Å². The van der Waals surface area contributed by atoms with Gasteiger partial charge in [-0.05, 0) is 52.2 Å². The molecule has 9 aromatic rings. The summed E-state index contributed by atoms with van der Waals surface area (Å²) in [5.41, 5.74) is 8.17. The first-order valence-corrected chi connectivity index (χ1v) is 15.9. The van der Waals surface area contributed by atoms with Gasteiger partial charge in [0.2, 0.25) is 0 Å². The van der Waals surface area contributed by atoms with E-state index in [1.54, 1.807) is 6.20 Å². The van der Waals surface area contributed by atoms with Crippen LogP contribution < -0.4 is 5.32 Å². The molecule has 0 amide bonds. The Labute approximate surface area is 274 Å². The van der Waals surface area contributed by atoms with Crippen molar-refractivity contribution >= 4 is 66.3 Å². The van der Waals surface area contributed by atoms with E-state index >= 15 is 0 Å². The number of rotatable bonds is 4. The number of hydrogen-bond acceptors (Lipinski definition) is 6. The number of furan rings is 2. The summed E-state index contributed by atoms with van der Waals surface area (Å²) in [6.07, 6.45) is 3.12. The fourth-order valence-electron chi connectivity index (χ4n) is 6.94. The number of pyridine rings is 1. The second-order valence-electron chi connectivity index (χ2n) is 12.1. The molecule has 1 aliphatic heterocycles. The van der Waals surface area contributed by atoms with Crippen molar-refractivity contribution in [3.8, 4) is 11.1 Å². The third kappa shape index (κ3) is 4.23. The molecular weight excluding hydrogens is 592 g/mol. The normalized spacial score (nSPS) is 14.9. The third-order valence-corrected chi connectivity index (χ3v) is 9.22. The van der Waals surface area contributed by atoms with Crippen molar-refractivity contribution in [1.82, 2.24) is 10.3 Å². The maximum absolute atomic E-state index is 6.46. The van der Waals surface area contributed by atoms with Gasteiger partial charge in [0.15, 0.2) is 11.7 Å². The number of amidine groups is 2. The van der Waals surface area contributed by atoms with E-state index in [1.807, 2.05) is 54.7 Å². The van der Waals surface area contributed by atoms with Gasteiger partial charge in [-0.25, -0.2) is 9.98 Å². The molecule has 1 N–H and O–H groups in total. The highest BCUT2D eigenvalue weighted by Gasteiger charge is 2.26. The van der Waals surface area contributed by atoms with Crippen molar-refractivity contribution in [3.05, 3.63) is 163 Å². The van der Waals surface area contributed by atoms with E-state index in [2.05, 4.69) is 95.2 Å². The quantitative estimate of drug-likeness (QED) is 0.213. The molecule has 0 spiro atoms. The largest absolute Gasteiger partial charge is 0.456 e. The lowest BCUT2D eigenvalue weighted by atomic mass is 9.99. The van der Waals surface area contributed by atoms with E-state index in [1.165, 1.54) is 10.8 Å². The van der Waals surface area contributed by atoms with Crippen LogP contribution in [0.4, 0.5) is 0 Å². The number of nitrogens with one attached hydrogen (secondary N) is 1. The summed E-state index contributed by atoms with van der Waals surface area (Å²) in [6, 6.07) is 45.7. The monoisotopic (exact) mass is 618 g/mol. The molecule has 1 atom stereocenters. The molecule has 0 saturated carbocycles. The molecule has 226 valence electrons. The number of para-hydroxylation sites is 1. The summed E-state index contributed by atoms with van der Waals surface area (Å²) in [7, 11) is 0. The van der Waals surface area contributed by atoms with Crippen molar-refractivity contribution in [1.29, 1.82) is 0 Å². The zero-order chi connectivity index (χ0) is 31.6. The minimum atomic E-state index is -0.519. The smallest absolute Gasteiger partial charge is 0.170 e. The van der Waals surface area contributed by atoms with Crippen molar-refractivity contribution in [3.63, 3.8) is 0 Å². The van der Waals surface area contributed by atoms with Crippen LogP contribution in [0.2, 0.25) is 0 Å². The third-order valence-electron chi connectivity index (χ3n) is 9.22. The molecule has 1 unspecified atom stereocenters. The first-order chi connectivity index (χ1) is 23.8. The maximum Gasteiger partial charge on any atom is 0.170 e. The zero-order valence-electron chi connectivity index (χ0n) is 25.6. The molecule has 0 bridgehead atoms. The van der Waals surface area contributed by atoms with Crippen LogP contribution in [0.1, 0.15) is 22.9 Å². The van der Waals surface area contributed by atoms with E-state index < -0.39 is 6.17 Å². The predicted octanol–water partition coefficient (Wildman–Crippen LogP) is 10.2. The summed E-state index contributed by atoms with van der Waals surface area (Å²) >= 11 is 0. The Balaban J connectivity index is 1.14. The predicted molar refractivity (Wildman–Crippen MR) is 194 cm³/mol. The van der Waals surface area contributed by atoms with E-state index in [4.69, 9.17) is 18.8 Å². The summed E-state index contributed by atoms with van der Waals surface area (Å²) in [5.74, 6) is 1.41. The fourth-order valence-corrected chi connectivity index (χ4v) is 6.94. The molecule has 4 heterocycles. The van der Waals surface area contributed by atoms with Crippen LogP contribution in [0.15, 0.2) is 165 Å². The number of aromatic nitrogens is 1. The standard InChI is InChI=1S/C42H26N4O2/c1-2-10-26(11-3-1)40-44-41(32-14-8-16-35-38(32)30-13-6-7-15-34(30)47-35)46-42(45-40)33-23-43-24-37-39(33)31-20-19-29(22-36(31)48-37)28-18-17-25-9-4-5-12-27(25)21-28/h1-24,41H,(H,44,45,46). The number of hydrogen-bond donors (Lipinski definition) is 1. The molecule has 6 heteroatoms. The van der Waals surface area contributed by atoms with Crippen LogP contribution in [-0.2, 0) is 0 Å². The van der Waals surface area contributed by atoms with Gasteiger partial charge < -0.3 is 14.2 Å². The second-order valence-corrected chi connectivity index (χ2v) is 12.1. The summed E-state index contributed by atoms with van der Waals surface area (Å²) < 4.78 is 12.7. The molecule has 0 radical (unpaired) electrons. The molecule has 6 aromatic carbocycles. The minimum absolute atomic E-state index is 0.519. The van der Waals surface area contributed by atoms with Crippen molar-refractivity contribution in [2.75, 3.05) is 0 Å². The van der Waals surface area contributed by atoms with Gasteiger partial charge in [-0.3, -0.25) is 4.98 Å². The molecule has 48 heavy (non-hydrogen) atoms. The SMILES string of the molecule is c1ccc(C2=NC(c3cccc4oc5ccccc5c34)N=C(c3cncc4oc5cc(-c6ccc7ccccc7c6)ccc5c34)N2)cc1. The Bertz CT molecular complexity index is 2770. The molecule has 0 fully saturated rings. The van der Waals surface area contributed by atoms with Crippen LogP contribution in [0, 0.1) is 0 Å². The van der Waals surface area contributed by atoms with Gasteiger partial charge in [0, 0.05) is 44.4 Å². The minimum Gasteiger partial charge on any atom is -0.456 e. The average molecular weight is 619 g/mol. The Kier molecular flexibility index (Phi) is 5.84. The average Bonchev–Trinajstić information content (AvgIpc) is 3.73. The highest BCUT2D eigenvalue weighted by Crippen LogP contribution is 2.38. The van der Waals surface area contributed by atoms with E-state index in [0.717, 1.165) is 71.9 Å². The van der Waals surface area contributed by atoms with Crippen LogP contribution >= 0.6 is 0 Å². The van der Waals surface area contributed by atoms with Crippen molar-refractivity contribution in [2.24, 2.45) is 9.98 Å². The number of aliphatic imine (C=N–C) groups is 2. The lowest BCUT2D eigenvalue weighted by Gasteiger charge is -2.23. The van der Waals surface area contributed by atoms with Crippen LogP contribution in [0.3, 0.4) is 0 Å². The lowest BCUT2D eigenvalue weighted by molar-refractivity contribution is 0.667. The second kappa shape index (κ2) is 10.5. The van der Waals surface area contributed by atoms with E-state index in [9.17, 15) is 0 Å². The van der Waals surface area contributed by atoms with E-state index in [0.29, 0.717) is 11.4 Å². The van der Waals surface area contributed by atoms with Crippen molar-refractivity contribution < 1.29 is 8.83 Å². The summed E-state index contributed by atoms with van der Waals surface area (Å²) in [5, 5.41) is 10.0. The van der Waals surface area contributed by atoms with Gasteiger partial charge in [-0.1, -0.05) is 103 Å². The Morgan fingerprint density at radius 1 is 0.479 bits per heavy atom. The lowest BCUT2D eigenvalue weighted by Crippen LogP contribution is -2.36. The molecule has 1 aliphatic rings. The fraction of sp³-hybridized carbons (Fsp3) is 0.0238. The van der Waals surface area contributed by atoms with E-state index in [-0.39, 0.29) is 0 Å². The van der Waals surface area contributed by atoms with Crippen LogP contribution in [0.25, 0.3) is 65.8 Å². The van der Waals surface area contributed by atoms with Gasteiger partial charge in [0.25, 0.3) is 0 Å². The van der Waals surface area contributed by atoms with Gasteiger partial charge >= 0.3 is 0 Å². The highest BCUT2D eigenvalue weighted by atomic mass is 16.3. The molecule has 10 rings (SSSR count). The van der Waals surface area contributed by atoms with Gasteiger partial charge in [-0.15, -0.1) is 0 Å². The highest BCUT2D eigenvalue weighted by molar-refractivity contribution is 6.23. The number of benzene rings is 6. The molecule has 6 nitrogen and oxygen atoms in total. The van der Waals surface area contributed by atoms with Gasteiger partial charge in [0.05, 0.1) is 6.20 Å². The zero-order valence-corrected chi connectivity index (χ0v) is 25.6. The van der Waals surface area contributed by atoms with Gasteiger partial charge in [-0.2, -0.15) is 0 Å². The maximum atomic E-state index is 6.46. The summed E-state index contributed by atoms with van der Waals surface area (Å²) in [6.45, 7) is 0. The first-order valence-electron chi connectivity index (χ1n) is 15.9. The molecule has 3 aromatic heterocycles. The van der Waals surface area contributed by atoms with Crippen molar-refractivity contribution in [2.45, 2.75) is 6.17 Å². The number of fused-ring (bicyclic) bond motifs is 7. The Morgan fingerprint density at radius 3 is 2.15 bits per heavy atom.